The van der Waals surface area contributed by atoms with E-state index in [-0.39, 0.29) is 17.0 Å². The minimum Gasteiger partial charge on any atom is -0.303 e. The van der Waals surface area contributed by atoms with E-state index >= 15 is 0 Å². The molecule has 0 bridgehead atoms. The third kappa shape index (κ3) is 4.54. The van der Waals surface area contributed by atoms with E-state index in [2.05, 4.69) is 15.5 Å². The molecule has 4 nitrogen and oxygen atoms in total. The van der Waals surface area contributed by atoms with Crippen molar-refractivity contribution in [1.29, 1.82) is 0 Å². The Morgan fingerprint density at radius 3 is 2.52 bits per heavy atom. The molecule has 0 radical (unpaired) electrons. The summed E-state index contributed by atoms with van der Waals surface area (Å²) in [5, 5.41) is 11.3. The first kappa shape index (κ1) is 17.4. The summed E-state index contributed by atoms with van der Waals surface area (Å²) in [5.74, 6) is -0.383. The highest BCUT2D eigenvalue weighted by Crippen LogP contribution is 2.23. The van der Waals surface area contributed by atoms with Gasteiger partial charge in [-0.25, -0.2) is 4.39 Å². The topological polar surface area (TPSA) is 53.8 Å². The van der Waals surface area contributed by atoms with Crippen LogP contribution >= 0.6 is 11.8 Å². The molecule has 0 saturated carbocycles. The molecule has 1 aliphatic rings. The van der Waals surface area contributed by atoms with Crippen molar-refractivity contribution >= 4 is 28.5 Å². The first-order chi connectivity index (χ1) is 12.0. The lowest BCUT2D eigenvalue weighted by Crippen LogP contribution is -2.26. The van der Waals surface area contributed by atoms with Crippen molar-refractivity contribution in [3.05, 3.63) is 71.0 Å². The van der Waals surface area contributed by atoms with Gasteiger partial charge in [0.25, 0.3) is 0 Å². The molecule has 0 unspecified atom stereocenters. The summed E-state index contributed by atoms with van der Waals surface area (Å²) in [4.78, 5) is 12.1. The second-order valence-electron chi connectivity index (χ2n) is 5.88. The van der Waals surface area contributed by atoms with Gasteiger partial charge >= 0.3 is 0 Å². The maximum atomic E-state index is 13.0. The fourth-order valence-corrected chi connectivity index (χ4v) is 3.35. The van der Waals surface area contributed by atoms with Crippen LogP contribution in [-0.4, -0.2) is 22.0 Å². The van der Waals surface area contributed by atoms with Crippen LogP contribution in [0.4, 0.5) is 4.39 Å². The Hall–Kier alpha value is -2.47. The predicted molar refractivity (Wildman–Crippen MR) is 100 cm³/mol. The number of carbonyl (C=O) groups is 1. The number of nitrogens with zero attached hydrogens (tertiary/aromatic N) is 2. The van der Waals surface area contributed by atoms with Gasteiger partial charge < -0.3 is 5.32 Å². The van der Waals surface area contributed by atoms with E-state index in [9.17, 15) is 9.18 Å². The van der Waals surface area contributed by atoms with Gasteiger partial charge in [-0.15, -0.1) is 5.10 Å². The molecule has 1 heterocycles. The number of aryl methyl sites for hydroxylation is 1. The van der Waals surface area contributed by atoms with Crippen molar-refractivity contribution in [3.8, 4) is 0 Å². The molecule has 0 aromatic heterocycles. The summed E-state index contributed by atoms with van der Waals surface area (Å²) in [7, 11) is 0. The standard InChI is InChI=1S/C19H18FN3OS/c1-12-3-7-15(8-4-12)13(2)22-23-19-21-18(24)17(25-19)11-14-5-9-16(20)10-6-14/h3-10,17H,11H2,1-2H3,(H,21,23,24)/b22-13+/t17-/m0/s1. The van der Waals surface area contributed by atoms with Crippen LogP contribution in [0.1, 0.15) is 23.6 Å². The minimum atomic E-state index is -0.282. The largest absolute Gasteiger partial charge is 0.303 e. The predicted octanol–water partition coefficient (Wildman–Crippen LogP) is 3.69. The molecule has 2 aromatic rings. The van der Waals surface area contributed by atoms with Gasteiger partial charge in [-0.3, -0.25) is 4.79 Å². The van der Waals surface area contributed by atoms with Crippen LogP contribution in [0, 0.1) is 12.7 Å². The molecule has 1 saturated heterocycles. The number of nitrogens with one attached hydrogen (secondary N) is 1. The molecule has 0 aliphatic carbocycles. The summed E-state index contributed by atoms with van der Waals surface area (Å²) >= 11 is 1.35. The fourth-order valence-electron chi connectivity index (χ4n) is 2.39. The number of hydrogen-bond acceptors (Lipinski definition) is 4. The zero-order valence-electron chi connectivity index (χ0n) is 14.0. The van der Waals surface area contributed by atoms with Crippen molar-refractivity contribution in [3.63, 3.8) is 0 Å². The van der Waals surface area contributed by atoms with Crippen molar-refractivity contribution in [1.82, 2.24) is 5.32 Å². The number of thioether (sulfide) groups is 1. The first-order valence-electron chi connectivity index (χ1n) is 7.92. The van der Waals surface area contributed by atoms with E-state index in [0.717, 1.165) is 16.8 Å². The lowest BCUT2D eigenvalue weighted by atomic mass is 10.1. The van der Waals surface area contributed by atoms with Crippen LogP contribution in [0.2, 0.25) is 0 Å². The van der Waals surface area contributed by atoms with Crippen LogP contribution in [0.3, 0.4) is 0 Å². The molecule has 128 valence electrons. The Balaban J connectivity index is 1.66. The van der Waals surface area contributed by atoms with Crippen LogP contribution < -0.4 is 5.32 Å². The van der Waals surface area contributed by atoms with Gasteiger partial charge in [-0.05, 0) is 43.5 Å². The second kappa shape index (κ2) is 7.61. The van der Waals surface area contributed by atoms with Crippen LogP contribution in [0.15, 0.2) is 58.7 Å². The van der Waals surface area contributed by atoms with E-state index in [1.54, 1.807) is 12.1 Å². The Morgan fingerprint density at radius 1 is 1.16 bits per heavy atom. The van der Waals surface area contributed by atoms with E-state index in [0.29, 0.717) is 11.6 Å². The van der Waals surface area contributed by atoms with Gasteiger partial charge in [-0.1, -0.05) is 53.7 Å². The Labute approximate surface area is 150 Å². The van der Waals surface area contributed by atoms with E-state index in [1.807, 2.05) is 38.1 Å². The highest BCUT2D eigenvalue weighted by molar-refractivity contribution is 8.15. The molecule has 1 fully saturated rings. The summed E-state index contributed by atoms with van der Waals surface area (Å²) in [6, 6.07) is 14.2. The molecule has 1 amide bonds. The Morgan fingerprint density at radius 2 is 1.84 bits per heavy atom. The van der Waals surface area contributed by atoms with Gasteiger partial charge in [0.1, 0.15) is 5.82 Å². The SMILES string of the molecule is C/C(=N\N=C1\NC(=O)[C@H](Cc2ccc(F)cc2)S1)c1ccc(C)cc1. The summed E-state index contributed by atoms with van der Waals surface area (Å²) in [5.41, 5.74) is 3.87. The summed E-state index contributed by atoms with van der Waals surface area (Å²) in [6.45, 7) is 3.91. The average Bonchev–Trinajstić information content (AvgIpc) is 2.95. The molecule has 1 atom stereocenters. The number of hydrogen-bond donors (Lipinski definition) is 1. The molecule has 3 rings (SSSR count). The zero-order chi connectivity index (χ0) is 17.8. The smallest absolute Gasteiger partial charge is 0.239 e. The molecule has 6 heteroatoms. The minimum absolute atomic E-state index is 0.101. The summed E-state index contributed by atoms with van der Waals surface area (Å²) in [6.07, 6.45) is 0.524. The van der Waals surface area contributed by atoms with Gasteiger partial charge in [0.2, 0.25) is 5.91 Å². The third-order valence-corrected chi connectivity index (χ3v) is 4.94. The van der Waals surface area contributed by atoms with E-state index in [1.165, 1.54) is 29.5 Å². The summed E-state index contributed by atoms with van der Waals surface area (Å²) < 4.78 is 13.0. The molecular weight excluding hydrogens is 337 g/mol. The Bertz CT molecular complexity index is 829. The molecule has 1 aliphatic heterocycles. The van der Waals surface area contributed by atoms with Crippen LogP contribution in [-0.2, 0) is 11.2 Å². The Kier molecular flexibility index (Phi) is 5.28. The highest BCUT2D eigenvalue weighted by atomic mass is 32.2. The van der Waals surface area contributed by atoms with Crippen LogP contribution in [0.5, 0.6) is 0 Å². The molecule has 1 N–H and O–H groups in total. The highest BCUT2D eigenvalue weighted by Gasteiger charge is 2.30. The normalized spacial score (nSPS) is 19.3. The molecule has 2 aromatic carbocycles. The van der Waals surface area contributed by atoms with Crippen molar-refractivity contribution in [2.24, 2.45) is 10.2 Å². The van der Waals surface area contributed by atoms with Crippen molar-refractivity contribution in [2.75, 3.05) is 0 Å². The van der Waals surface area contributed by atoms with Gasteiger partial charge in [-0.2, -0.15) is 5.10 Å². The number of amidine groups is 1. The molecular formula is C19H18FN3OS. The second-order valence-corrected chi connectivity index (χ2v) is 7.07. The van der Waals surface area contributed by atoms with Gasteiger partial charge in [0.05, 0.1) is 11.0 Å². The van der Waals surface area contributed by atoms with Crippen LogP contribution in [0.25, 0.3) is 0 Å². The van der Waals surface area contributed by atoms with Crippen molar-refractivity contribution < 1.29 is 9.18 Å². The lowest BCUT2D eigenvalue weighted by molar-refractivity contribution is -0.118. The fraction of sp³-hybridized carbons (Fsp3) is 0.211. The van der Waals surface area contributed by atoms with E-state index < -0.39 is 0 Å². The maximum absolute atomic E-state index is 13.0. The van der Waals surface area contributed by atoms with Gasteiger partial charge in [0, 0.05) is 0 Å². The number of halogens is 1. The molecule has 25 heavy (non-hydrogen) atoms. The quantitative estimate of drug-likeness (QED) is 0.672. The first-order valence-corrected chi connectivity index (χ1v) is 8.80. The zero-order valence-corrected chi connectivity index (χ0v) is 14.8. The number of carbonyl (C=O) groups excluding carboxylic acids is 1. The van der Waals surface area contributed by atoms with Crippen molar-refractivity contribution in [2.45, 2.75) is 25.5 Å². The monoisotopic (exact) mass is 355 g/mol. The lowest BCUT2D eigenvalue weighted by Gasteiger charge is -2.04. The number of amides is 1. The maximum Gasteiger partial charge on any atom is 0.239 e. The van der Waals surface area contributed by atoms with Gasteiger partial charge in [0.15, 0.2) is 5.17 Å². The number of rotatable bonds is 4. The average molecular weight is 355 g/mol. The third-order valence-electron chi connectivity index (χ3n) is 3.87. The molecule has 0 spiro atoms. The number of benzene rings is 2. The van der Waals surface area contributed by atoms with E-state index in [4.69, 9.17) is 0 Å².